The van der Waals surface area contributed by atoms with Crippen LogP contribution in [0.25, 0.3) is 22.1 Å². The second-order valence-corrected chi connectivity index (χ2v) is 6.12. The van der Waals surface area contributed by atoms with Gasteiger partial charge in [0.15, 0.2) is 0 Å². The van der Waals surface area contributed by atoms with Crippen LogP contribution < -0.4 is 10.8 Å². The number of sulfonamides is 1. The first-order chi connectivity index (χ1) is 9.95. The Labute approximate surface area is 120 Å². The molecule has 2 aromatic carbocycles. The van der Waals surface area contributed by atoms with Gasteiger partial charge in [-0.2, -0.15) is 0 Å². The lowest BCUT2D eigenvalue weighted by Crippen LogP contribution is -2.12. The highest BCUT2D eigenvalue weighted by Crippen LogP contribution is 2.22. The van der Waals surface area contributed by atoms with Crippen molar-refractivity contribution in [3.63, 3.8) is 0 Å². The molecule has 0 bridgehead atoms. The Hall–Kier alpha value is -2.44. The van der Waals surface area contributed by atoms with Crippen LogP contribution in [-0.4, -0.2) is 8.42 Å². The first-order valence-electron chi connectivity index (χ1n) is 6.11. The molecule has 3 rings (SSSR count). The Balaban J connectivity index is 2.16. The van der Waals surface area contributed by atoms with Gasteiger partial charge < -0.3 is 4.42 Å². The molecule has 0 aliphatic rings. The average Bonchev–Trinajstić information content (AvgIpc) is 2.46. The van der Waals surface area contributed by atoms with E-state index < -0.39 is 15.6 Å². The molecule has 1 heterocycles. The van der Waals surface area contributed by atoms with Gasteiger partial charge in [-0.15, -0.1) is 0 Å². The standard InChI is InChI=1S/C15H11NO4S/c16-21(18,19)12-7-5-10(6-8-12)13-9-11-3-1-2-4-14(11)20-15(13)17/h1-9H,(H2,16,18,19). The number of benzene rings is 2. The van der Waals surface area contributed by atoms with Gasteiger partial charge in [-0.3, -0.25) is 0 Å². The van der Waals surface area contributed by atoms with Crippen molar-refractivity contribution in [2.45, 2.75) is 4.90 Å². The normalized spacial score (nSPS) is 11.7. The van der Waals surface area contributed by atoms with E-state index in [1.165, 1.54) is 24.3 Å². The van der Waals surface area contributed by atoms with Crippen molar-refractivity contribution in [3.8, 4) is 11.1 Å². The van der Waals surface area contributed by atoms with E-state index in [-0.39, 0.29) is 4.90 Å². The Bertz CT molecular complexity index is 972. The highest BCUT2D eigenvalue weighted by atomic mass is 32.2. The summed E-state index contributed by atoms with van der Waals surface area (Å²) in [6.45, 7) is 0. The van der Waals surface area contributed by atoms with Gasteiger partial charge in [0.05, 0.1) is 10.5 Å². The second-order valence-electron chi connectivity index (χ2n) is 4.55. The highest BCUT2D eigenvalue weighted by Gasteiger charge is 2.10. The monoisotopic (exact) mass is 301 g/mol. The first kappa shape index (κ1) is 13.5. The van der Waals surface area contributed by atoms with E-state index in [2.05, 4.69) is 0 Å². The maximum Gasteiger partial charge on any atom is 0.344 e. The molecule has 0 spiro atoms. The van der Waals surface area contributed by atoms with Gasteiger partial charge in [0.1, 0.15) is 5.58 Å². The summed E-state index contributed by atoms with van der Waals surface area (Å²) in [5.41, 5.74) is 0.973. The molecule has 6 heteroatoms. The fraction of sp³-hybridized carbons (Fsp3) is 0. The quantitative estimate of drug-likeness (QED) is 0.734. The van der Waals surface area contributed by atoms with Crippen LogP contribution in [0.15, 0.2) is 68.7 Å². The van der Waals surface area contributed by atoms with Crippen LogP contribution in [0.3, 0.4) is 0 Å². The van der Waals surface area contributed by atoms with Crippen LogP contribution in [0.5, 0.6) is 0 Å². The van der Waals surface area contributed by atoms with Gasteiger partial charge in [0, 0.05) is 5.39 Å². The predicted molar refractivity (Wildman–Crippen MR) is 79.3 cm³/mol. The van der Waals surface area contributed by atoms with E-state index in [0.29, 0.717) is 16.7 Å². The van der Waals surface area contributed by atoms with E-state index in [1.807, 2.05) is 12.1 Å². The first-order valence-corrected chi connectivity index (χ1v) is 7.66. The summed E-state index contributed by atoms with van der Waals surface area (Å²) in [5.74, 6) is 0. The molecule has 0 atom stereocenters. The minimum absolute atomic E-state index is 0.00331. The van der Waals surface area contributed by atoms with Crippen molar-refractivity contribution >= 4 is 21.0 Å². The third kappa shape index (κ3) is 2.58. The molecule has 0 aliphatic heterocycles. The molecule has 2 N–H and O–H groups in total. The number of nitrogens with two attached hydrogens (primary N) is 1. The summed E-state index contributed by atoms with van der Waals surface area (Å²) in [6.07, 6.45) is 0. The van der Waals surface area contributed by atoms with Crippen molar-refractivity contribution in [1.82, 2.24) is 0 Å². The van der Waals surface area contributed by atoms with Crippen molar-refractivity contribution in [3.05, 3.63) is 65.0 Å². The van der Waals surface area contributed by atoms with Gasteiger partial charge >= 0.3 is 5.63 Å². The van der Waals surface area contributed by atoms with Crippen LogP contribution in [0, 0.1) is 0 Å². The lowest BCUT2D eigenvalue weighted by Gasteiger charge is -2.03. The second kappa shape index (κ2) is 4.83. The number of hydrogen-bond donors (Lipinski definition) is 1. The van der Waals surface area contributed by atoms with Gasteiger partial charge in [-0.1, -0.05) is 30.3 Å². The van der Waals surface area contributed by atoms with E-state index in [0.717, 1.165) is 5.39 Å². The van der Waals surface area contributed by atoms with Crippen molar-refractivity contribution in [2.75, 3.05) is 0 Å². The highest BCUT2D eigenvalue weighted by molar-refractivity contribution is 7.89. The molecule has 1 aromatic heterocycles. The van der Waals surface area contributed by atoms with Crippen LogP contribution in [0.1, 0.15) is 0 Å². The van der Waals surface area contributed by atoms with Gasteiger partial charge in [-0.05, 0) is 29.8 Å². The molecule has 0 aliphatic carbocycles. The molecule has 0 amide bonds. The Morgan fingerprint density at radius 1 is 0.952 bits per heavy atom. The fourth-order valence-electron chi connectivity index (χ4n) is 2.09. The van der Waals surface area contributed by atoms with E-state index in [4.69, 9.17) is 9.56 Å². The van der Waals surface area contributed by atoms with Crippen LogP contribution in [0.4, 0.5) is 0 Å². The SMILES string of the molecule is NS(=O)(=O)c1ccc(-c2cc3ccccc3oc2=O)cc1. The van der Waals surface area contributed by atoms with Gasteiger partial charge in [-0.25, -0.2) is 18.4 Å². The van der Waals surface area contributed by atoms with E-state index in [9.17, 15) is 13.2 Å². The predicted octanol–water partition coefficient (Wildman–Crippen LogP) is 2.11. The van der Waals surface area contributed by atoms with Crippen LogP contribution in [-0.2, 0) is 10.0 Å². The fourth-order valence-corrected chi connectivity index (χ4v) is 2.60. The summed E-state index contributed by atoms with van der Waals surface area (Å²) in [4.78, 5) is 12.0. The minimum atomic E-state index is -3.75. The maximum atomic E-state index is 12.0. The number of para-hydroxylation sites is 1. The number of primary sulfonamides is 1. The van der Waals surface area contributed by atoms with Crippen molar-refractivity contribution in [1.29, 1.82) is 0 Å². The van der Waals surface area contributed by atoms with E-state index in [1.54, 1.807) is 18.2 Å². The molecule has 0 saturated carbocycles. The number of rotatable bonds is 2. The number of fused-ring (bicyclic) bond motifs is 1. The lowest BCUT2D eigenvalue weighted by atomic mass is 10.1. The topological polar surface area (TPSA) is 90.4 Å². The summed E-state index contributed by atoms with van der Waals surface area (Å²) in [6, 6.07) is 14.7. The lowest BCUT2D eigenvalue weighted by molar-refractivity contribution is 0.563. The molecule has 106 valence electrons. The van der Waals surface area contributed by atoms with Crippen molar-refractivity contribution in [2.24, 2.45) is 5.14 Å². The third-order valence-electron chi connectivity index (χ3n) is 3.14. The zero-order valence-electron chi connectivity index (χ0n) is 10.8. The Morgan fingerprint density at radius 3 is 2.29 bits per heavy atom. The zero-order chi connectivity index (χ0) is 15.0. The average molecular weight is 301 g/mol. The van der Waals surface area contributed by atoms with Gasteiger partial charge in [0.2, 0.25) is 10.0 Å². The summed E-state index contributed by atoms with van der Waals surface area (Å²) in [7, 11) is -3.75. The molecular weight excluding hydrogens is 290 g/mol. The van der Waals surface area contributed by atoms with Gasteiger partial charge in [0.25, 0.3) is 0 Å². The molecule has 5 nitrogen and oxygen atoms in total. The molecule has 0 saturated heterocycles. The maximum absolute atomic E-state index is 12.0. The van der Waals surface area contributed by atoms with Crippen LogP contribution in [0.2, 0.25) is 0 Å². The summed E-state index contributed by atoms with van der Waals surface area (Å²) in [5, 5.41) is 5.84. The molecule has 0 radical (unpaired) electrons. The molecular formula is C15H11NO4S. The Morgan fingerprint density at radius 2 is 1.62 bits per heavy atom. The van der Waals surface area contributed by atoms with E-state index >= 15 is 0 Å². The largest absolute Gasteiger partial charge is 0.422 e. The molecule has 21 heavy (non-hydrogen) atoms. The van der Waals surface area contributed by atoms with Crippen LogP contribution >= 0.6 is 0 Å². The minimum Gasteiger partial charge on any atom is -0.422 e. The van der Waals surface area contributed by atoms with Crippen molar-refractivity contribution < 1.29 is 12.8 Å². The smallest absolute Gasteiger partial charge is 0.344 e. The molecule has 3 aromatic rings. The summed E-state index contributed by atoms with van der Waals surface area (Å²) < 4.78 is 27.7. The zero-order valence-corrected chi connectivity index (χ0v) is 11.6. The third-order valence-corrected chi connectivity index (χ3v) is 4.06. The number of hydrogen-bond acceptors (Lipinski definition) is 4. The summed E-state index contributed by atoms with van der Waals surface area (Å²) >= 11 is 0. The molecule has 0 fully saturated rings. The molecule has 0 unspecified atom stereocenters. The Kier molecular flexibility index (Phi) is 3.12.